The van der Waals surface area contributed by atoms with Gasteiger partial charge in [-0.1, -0.05) is 6.07 Å². The molecular formula is C14H20FNO3. The first-order valence-corrected chi connectivity index (χ1v) is 6.05. The molecule has 0 bridgehead atoms. The molecule has 0 aliphatic rings. The summed E-state index contributed by atoms with van der Waals surface area (Å²) in [7, 11) is 1.42. The Morgan fingerprint density at radius 2 is 2.05 bits per heavy atom. The van der Waals surface area contributed by atoms with Gasteiger partial charge in [0.15, 0.2) is 0 Å². The number of hydrogen-bond acceptors (Lipinski definition) is 4. The fraction of sp³-hybridized carbons (Fsp3) is 0.500. The number of carbonyl (C=O) groups is 1. The van der Waals surface area contributed by atoms with Crippen LogP contribution in [0.25, 0.3) is 0 Å². The molecule has 0 aromatic heterocycles. The number of carbonyl (C=O) groups excluding carboxylic acids is 1. The first-order valence-electron chi connectivity index (χ1n) is 6.05. The highest BCUT2D eigenvalue weighted by atomic mass is 19.1. The van der Waals surface area contributed by atoms with E-state index in [0.717, 1.165) is 0 Å². The highest BCUT2D eigenvalue weighted by Crippen LogP contribution is 2.30. The quantitative estimate of drug-likeness (QED) is 0.851. The number of nitrogens with two attached hydrogens (primary N) is 1. The van der Waals surface area contributed by atoms with Crippen LogP contribution in [0.4, 0.5) is 4.39 Å². The van der Waals surface area contributed by atoms with Crippen molar-refractivity contribution >= 4 is 5.97 Å². The van der Waals surface area contributed by atoms with Gasteiger partial charge < -0.3 is 15.2 Å². The van der Waals surface area contributed by atoms with E-state index >= 15 is 0 Å². The van der Waals surface area contributed by atoms with Gasteiger partial charge in [-0.3, -0.25) is 4.79 Å². The molecule has 0 spiro atoms. The van der Waals surface area contributed by atoms with Gasteiger partial charge in [0.25, 0.3) is 0 Å². The predicted molar refractivity (Wildman–Crippen MR) is 70.6 cm³/mol. The second-order valence-corrected chi connectivity index (χ2v) is 5.18. The van der Waals surface area contributed by atoms with Crippen LogP contribution in [0.5, 0.6) is 5.75 Å². The van der Waals surface area contributed by atoms with E-state index in [4.69, 9.17) is 15.2 Å². The van der Waals surface area contributed by atoms with Crippen molar-refractivity contribution in [3.63, 3.8) is 0 Å². The van der Waals surface area contributed by atoms with Gasteiger partial charge in [0.1, 0.15) is 23.1 Å². The molecular weight excluding hydrogens is 249 g/mol. The van der Waals surface area contributed by atoms with Crippen molar-refractivity contribution in [2.45, 2.75) is 32.3 Å². The Balaban J connectivity index is 3.13. The molecule has 1 aromatic carbocycles. The Morgan fingerprint density at radius 3 is 2.53 bits per heavy atom. The zero-order chi connectivity index (χ0) is 14.6. The van der Waals surface area contributed by atoms with Gasteiger partial charge in [-0.05, 0) is 32.9 Å². The van der Waals surface area contributed by atoms with Crippen molar-refractivity contribution in [2.75, 3.05) is 13.7 Å². The minimum atomic E-state index is -0.879. The number of ether oxygens (including phenoxy) is 2. The van der Waals surface area contributed by atoms with Crippen molar-refractivity contribution < 1.29 is 18.7 Å². The second kappa shape index (κ2) is 6.02. The minimum Gasteiger partial charge on any atom is -0.496 e. The van der Waals surface area contributed by atoms with Crippen LogP contribution in [-0.2, 0) is 9.53 Å². The summed E-state index contributed by atoms with van der Waals surface area (Å²) in [6.45, 7) is 5.19. The predicted octanol–water partition coefficient (Wildman–Crippen LogP) is 2.22. The van der Waals surface area contributed by atoms with Gasteiger partial charge in [0.2, 0.25) is 0 Å². The van der Waals surface area contributed by atoms with Gasteiger partial charge in [0, 0.05) is 12.1 Å². The first-order chi connectivity index (χ1) is 8.80. The molecule has 5 heteroatoms. The lowest BCUT2D eigenvalue weighted by molar-refractivity contribution is -0.156. The summed E-state index contributed by atoms with van der Waals surface area (Å²) < 4.78 is 24.3. The lowest BCUT2D eigenvalue weighted by Gasteiger charge is -2.24. The third kappa shape index (κ3) is 3.92. The lowest BCUT2D eigenvalue weighted by Crippen LogP contribution is -2.31. The number of rotatable bonds is 4. The number of esters is 1. The van der Waals surface area contributed by atoms with Crippen LogP contribution in [0, 0.1) is 5.82 Å². The number of methoxy groups -OCH3 is 1. The highest BCUT2D eigenvalue weighted by Gasteiger charge is 2.30. The van der Waals surface area contributed by atoms with Crippen LogP contribution in [0.3, 0.4) is 0 Å². The Morgan fingerprint density at radius 1 is 1.42 bits per heavy atom. The summed E-state index contributed by atoms with van der Waals surface area (Å²) in [5.41, 5.74) is 5.08. The zero-order valence-corrected chi connectivity index (χ0v) is 11.7. The molecule has 0 fully saturated rings. The fourth-order valence-electron chi connectivity index (χ4n) is 1.74. The van der Waals surface area contributed by atoms with Crippen molar-refractivity contribution in [2.24, 2.45) is 5.73 Å². The van der Waals surface area contributed by atoms with Crippen LogP contribution >= 0.6 is 0 Å². The summed E-state index contributed by atoms with van der Waals surface area (Å²) >= 11 is 0. The molecule has 0 saturated carbocycles. The monoisotopic (exact) mass is 269 g/mol. The highest BCUT2D eigenvalue weighted by molar-refractivity contribution is 5.80. The third-order valence-electron chi connectivity index (χ3n) is 2.51. The molecule has 0 radical (unpaired) electrons. The SMILES string of the molecule is COc1cccc(F)c1C(CN)C(=O)OC(C)(C)C. The normalized spacial score (nSPS) is 12.9. The molecule has 0 amide bonds. The van der Waals surface area contributed by atoms with E-state index in [1.165, 1.54) is 19.2 Å². The molecule has 1 aromatic rings. The van der Waals surface area contributed by atoms with Crippen molar-refractivity contribution in [1.82, 2.24) is 0 Å². The van der Waals surface area contributed by atoms with Crippen molar-refractivity contribution in [3.05, 3.63) is 29.6 Å². The average molecular weight is 269 g/mol. The number of benzene rings is 1. The molecule has 1 unspecified atom stereocenters. The Bertz CT molecular complexity index is 454. The summed E-state index contributed by atoms with van der Waals surface area (Å²) in [4.78, 5) is 12.1. The lowest BCUT2D eigenvalue weighted by atomic mass is 9.97. The van der Waals surface area contributed by atoms with E-state index < -0.39 is 23.3 Å². The van der Waals surface area contributed by atoms with Crippen LogP contribution in [0.1, 0.15) is 32.3 Å². The van der Waals surface area contributed by atoms with Gasteiger partial charge in [-0.2, -0.15) is 0 Å². The Labute approximate surface area is 112 Å². The van der Waals surface area contributed by atoms with Crippen LogP contribution in [0.15, 0.2) is 18.2 Å². The van der Waals surface area contributed by atoms with Gasteiger partial charge in [0.05, 0.1) is 7.11 Å². The zero-order valence-electron chi connectivity index (χ0n) is 11.7. The van der Waals surface area contributed by atoms with Crippen molar-refractivity contribution in [1.29, 1.82) is 0 Å². The molecule has 106 valence electrons. The molecule has 19 heavy (non-hydrogen) atoms. The molecule has 0 saturated heterocycles. The van der Waals surface area contributed by atoms with Gasteiger partial charge in [-0.15, -0.1) is 0 Å². The smallest absolute Gasteiger partial charge is 0.315 e. The maximum absolute atomic E-state index is 13.9. The Kier molecular flexibility index (Phi) is 4.89. The maximum atomic E-state index is 13.9. The van der Waals surface area contributed by atoms with Crippen molar-refractivity contribution in [3.8, 4) is 5.75 Å². The summed E-state index contributed by atoms with van der Waals surface area (Å²) in [5, 5.41) is 0. The molecule has 0 heterocycles. The summed E-state index contributed by atoms with van der Waals surface area (Å²) in [6.07, 6.45) is 0. The number of hydrogen-bond donors (Lipinski definition) is 1. The van der Waals surface area contributed by atoms with Crippen LogP contribution < -0.4 is 10.5 Å². The second-order valence-electron chi connectivity index (χ2n) is 5.18. The first kappa shape index (κ1) is 15.4. The van der Waals surface area contributed by atoms with E-state index in [0.29, 0.717) is 5.75 Å². The molecule has 1 atom stereocenters. The molecule has 4 nitrogen and oxygen atoms in total. The molecule has 2 N–H and O–H groups in total. The van der Waals surface area contributed by atoms with E-state index in [9.17, 15) is 9.18 Å². The minimum absolute atomic E-state index is 0.0494. The van der Waals surface area contributed by atoms with Gasteiger partial charge in [-0.25, -0.2) is 4.39 Å². The number of halogens is 1. The summed E-state index contributed by atoms with van der Waals surface area (Å²) in [6, 6.07) is 4.37. The van der Waals surface area contributed by atoms with E-state index in [-0.39, 0.29) is 12.1 Å². The molecule has 0 aliphatic heterocycles. The largest absolute Gasteiger partial charge is 0.496 e. The topological polar surface area (TPSA) is 61.5 Å². The van der Waals surface area contributed by atoms with E-state index in [1.54, 1.807) is 26.8 Å². The summed E-state index contributed by atoms with van der Waals surface area (Å²) in [5.74, 6) is -1.67. The molecule has 0 aliphatic carbocycles. The Hall–Kier alpha value is -1.62. The van der Waals surface area contributed by atoms with E-state index in [1.807, 2.05) is 0 Å². The van der Waals surface area contributed by atoms with Gasteiger partial charge >= 0.3 is 5.97 Å². The van der Waals surface area contributed by atoms with Crippen LogP contribution in [-0.4, -0.2) is 25.2 Å². The van der Waals surface area contributed by atoms with E-state index in [2.05, 4.69) is 0 Å². The third-order valence-corrected chi connectivity index (χ3v) is 2.51. The standard InChI is InChI=1S/C14H20FNO3/c1-14(2,3)19-13(17)9(8-16)12-10(15)6-5-7-11(12)18-4/h5-7,9H,8,16H2,1-4H3. The maximum Gasteiger partial charge on any atom is 0.315 e. The molecule has 1 rings (SSSR count). The van der Waals surface area contributed by atoms with Crippen LogP contribution in [0.2, 0.25) is 0 Å². The fourth-order valence-corrected chi connectivity index (χ4v) is 1.74. The average Bonchev–Trinajstić information content (AvgIpc) is 2.29.